The van der Waals surface area contributed by atoms with Gasteiger partial charge in [-0.05, 0) is 12.1 Å². The molecular formula is C12H9F3N2O3. The highest BCUT2D eigenvalue weighted by atomic mass is 19.4. The molecule has 0 aliphatic rings. The van der Waals surface area contributed by atoms with Crippen molar-refractivity contribution in [3.63, 3.8) is 0 Å². The molecule has 1 aromatic heterocycles. The van der Waals surface area contributed by atoms with Gasteiger partial charge in [0.1, 0.15) is 6.54 Å². The van der Waals surface area contributed by atoms with E-state index in [2.05, 4.69) is 0 Å². The summed E-state index contributed by atoms with van der Waals surface area (Å²) in [5, 5.41) is 9.36. The van der Waals surface area contributed by atoms with Crippen LogP contribution in [0.15, 0.2) is 46.0 Å². The minimum absolute atomic E-state index is 0.0917. The Morgan fingerprint density at radius 2 is 1.70 bits per heavy atom. The molecule has 2 rings (SSSR count). The molecular weight excluding hydrogens is 277 g/mol. The maximum Gasteiger partial charge on any atom is 0.406 e. The van der Waals surface area contributed by atoms with Crippen LogP contribution in [0.2, 0.25) is 0 Å². The first-order valence-corrected chi connectivity index (χ1v) is 5.47. The highest BCUT2D eigenvalue weighted by Crippen LogP contribution is 2.18. The van der Waals surface area contributed by atoms with E-state index in [-0.39, 0.29) is 10.3 Å². The molecule has 1 N–H and O–H groups in total. The summed E-state index contributed by atoms with van der Waals surface area (Å²) in [7, 11) is 0. The van der Waals surface area contributed by atoms with Crippen LogP contribution < -0.4 is 11.2 Å². The Bertz CT molecular complexity index is 732. The van der Waals surface area contributed by atoms with Crippen molar-refractivity contribution in [3.05, 3.63) is 57.2 Å². The number of hydrogen-bond donors (Lipinski definition) is 1. The van der Waals surface area contributed by atoms with Crippen LogP contribution >= 0.6 is 0 Å². The average Bonchev–Trinajstić information content (AvgIpc) is 2.34. The summed E-state index contributed by atoms with van der Waals surface area (Å²) in [6.45, 7) is -1.68. The number of aromatic nitrogens is 2. The number of benzene rings is 1. The zero-order chi connectivity index (χ0) is 14.9. The number of aromatic hydroxyl groups is 1. The Morgan fingerprint density at radius 3 is 2.25 bits per heavy atom. The number of alkyl halides is 3. The Balaban J connectivity index is 2.69. The van der Waals surface area contributed by atoms with Gasteiger partial charge in [-0.25, -0.2) is 9.36 Å². The summed E-state index contributed by atoms with van der Waals surface area (Å²) in [4.78, 5) is 23.6. The van der Waals surface area contributed by atoms with E-state index in [1.165, 1.54) is 24.3 Å². The van der Waals surface area contributed by atoms with Crippen LogP contribution in [0.3, 0.4) is 0 Å². The van der Waals surface area contributed by atoms with Gasteiger partial charge in [-0.3, -0.25) is 9.36 Å². The zero-order valence-corrected chi connectivity index (χ0v) is 9.96. The van der Waals surface area contributed by atoms with Crippen molar-refractivity contribution >= 4 is 0 Å². The van der Waals surface area contributed by atoms with Gasteiger partial charge in [0.05, 0.1) is 11.8 Å². The highest BCUT2D eigenvalue weighted by molar-refractivity contribution is 5.31. The number of halogens is 3. The van der Waals surface area contributed by atoms with E-state index in [1.807, 2.05) is 0 Å². The fourth-order valence-corrected chi connectivity index (χ4v) is 1.71. The van der Waals surface area contributed by atoms with Crippen LogP contribution in [0.25, 0.3) is 5.69 Å². The Hall–Kier alpha value is -2.51. The van der Waals surface area contributed by atoms with E-state index in [4.69, 9.17) is 0 Å². The number of nitrogens with zero attached hydrogens (tertiary/aromatic N) is 2. The Morgan fingerprint density at radius 1 is 1.10 bits per heavy atom. The molecule has 2 aromatic rings. The second kappa shape index (κ2) is 4.87. The second-order valence-corrected chi connectivity index (χ2v) is 4.00. The van der Waals surface area contributed by atoms with Crippen LogP contribution in [0, 0.1) is 0 Å². The van der Waals surface area contributed by atoms with Crippen LogP contribution in [0.5, 0.6) is 5.88 Å². The molecule has 5 nitrogen and oxygen atoms in total. The molecule has 0 saturated carbocycles. The first-order chi connectivity index (χ1) is 9.29. The third kappa shape index (κ3) is 2.73. The molecule has 0 atom stereocenters. The van der Waals surface area contributed by atoms with E-state index in [9.17, 15) is 27.9 Å². The van der Waals surface area contributed by atoms with Gasteiger partial charge in [-0.1, -0.05) is 18.2 Å². The maximum absolute atomic E-state index is 12.4. The van der Waals surface area contributed by atoms with Crippen LogP contribution in [-0.2, 0) is 6.54 Å². The predicted molar refractivity (Wildman–Crippen MR) is 64.0 cm³/mol. The summed E-state index contributed by atoms with van der Waals surface area (Å²) >= 11 is 0. The zero-order valence-electron chi connectivity index (χ0n) is 9.96. The van der Waals surface area contributed by atoms with E-state index in [1.54, 1.807) is 6.07 Å². The molecule has 1 aromatic carbocycles. The van der Waals surface area contributed by atoms with Crippen molar-refractivity contribution in [1.29, 1.82) is 0 Å². The number of hydrogen-bond acceptors (Lipinski definition) is 3. The topological polar surface area (TPSA) is 64.2 Å². The smallest absolute Gasteiger partial charge is 0.406 e. The molecule has 0 saturated heterocycles. The fraction of sp³-hybridized carbons (Fsp3) is 0.167. The molecule has 20 heavy (non-hydrogen) atoms. The van der Waals surface area contributed by atoms with Gasteiger partial charge in [0.25, 0.3) is 5.56 Å². The van der Waals surface area contributed by atoms with Crippen molar-refractivity contribution in [3.8, 4) is 11.6 Å². The molecule has 0 aliphatic carbocycles. The van der Waals surface area contributed by atoms with E-state index >= 15 is 0 Å². The van der Waals surface area contributed by atoms with Gasteiger partial charge in [-0.2, -0.15) is 13.2 Å². The van der Waals surface area contributed by atoms with Gasteiger partial charge >= 0.3 is 11.9 Å². The van der Waals surface area contributed by atoms with Gasteiger partial charge < -0.3 is 5.11 Å². The summed E-state index contributed by atoms with van der Waals surface area (Å²) in [5.74, 6) is -1.02. The van der Waals surface area contributed by atoms with Crippen LogP contribution in [0.1, 0.15) is 0 Å². The van der Waals surface area contributed by atoms with Crippen LogP contribution in [0.4, 0.5) is 13.2 Å². The normalized spacial score (nSPS) is 11.6. The first kappa shape index (κ1) is 13.9. The first-order valence-electron chi connectivity index (χ1n) is 5.47. The Labute approximate surface area is 110 Å². The highest BCUT2D eigenvalue weighted by Gasteiger charge is 2.30. The molecule has 0 fully saturated rings. The monoisotopic (exact) mass is 286 g/mol. The van der Waals surface area contributed by atoms with E-state index < -0.39 is 29.9 Å². The minimum Gasteiger partial charge on any atom is -0.494 e. The molecule has 0 spiro atoms. The lowest BCUT2D eigenvalue weighted by molar-refractivity contribution is -0.142. The van der Waals surface area contributed by atoms with Crippen LogP contribution in [-0.4, -0.2) is 20.4 Å². The molecule has 106 valence electrons. The van der Waals surface area contributed by atoms with Crippen molar-refractivity contribution in [2.24, 2.45) is 0 Å². The summed E-state index contributed by atoms with van der Waals surface area (Å²) < 4.78 is 37.8. The van der Waals surface area contributed by atoms with Gasteiger partial charge in [0, 0.05) is 0 Å². The fourth-order valence-electron chi connectivity index (χ4n) is 1.71. The Kier molecular flexibility index (Phi) is 3.39. The average molecular weight is 286 g/mol. The minimum atomic E-state index is -4.69. The maximum atomic E-state index is 12.4. The summed E-state index contributed by atoms with van der Waals surface area (Å²) in [5.41, 5.74) is -2.03. The second-order valence-electron chi connectivity index (χ2n) is 4.00. The summed E-state index contributed by atoms with van der Waals surface area (Å²) in [6.07, 6.45) is -4.69. The van der Waals surface area contributed by atoms with Gasteiger partial charge in [0.2, 0.25) is 5.88 Å². The largest absolute Gasteiger partial charge is 0.494 e. The van der Waals surface area contributed by atoms with Crippen molar-refractivity contribution in [2.75, 3.05) is 0 Å². The molecule has 0 unspecified atom stereocenters. The van der Waals surface area contributed by atoms with Crippen molar-refractivity contribution < 1.29 is 18.3 Å². The van der Waals surface area contributed by atoms with Gasteiger partial charge in [-0.15, -0.1) is 0 Å². The quantitative estimate of drug-likeness (QED) is 0.904. The van der Waals surface area contributed by atoms with Gasteiger partial charge in [0.15, 0.2) is 0 Å². The third-order valence-electron chi connectivity index (χ3n) is 2.52. The predicted octanol–water partition coefficient (Wildman–Crippen LogP) is 1.27. The molecule has 0 radical (unpaired) electrons. The third-order valence-corrected chi connectivity index (χ3v) is 2.52. The lowest BCUT2D eigenvalue weighted by Crippen LogP contribution is -2.40. The standard InChI is InChI=1S/C12H9F3N2O3/c13-12(14,15)7-16-9(18)6-10(19)17(11(16)20)8-4-2-1-3-5-8/h1-6,18H,7H2. The molecule has 0 bridgehead atoms. The lowest BCUT2D eigenvalue weighted by atomic mass is 10.3. The van der Waals surface area contributed by atoms with Crippen molar-refractivity contribution in [1.82, 2.24) is 9.13 Å². The molecule has 0 aliphatic heterocycles. The summed E-state index contributed by atoms with van der Waals surface area (Å²) in [6, 6.07) is 8.06. The molecule has 1 heterocycles. The van der Waals surface area contributed by atoms with E-state index in [0.29, 0.717) is 10.6 Å². The SMILES string of the molecule is O=c1cc(O)n(CC(F)(F)F)c(=O)n1-c1ccccc1. The lowest BCUT2D eigenvalue weighted by Gasteiger charge is -2.13. The molecule has 8 heteroatoms. The van der Waals surface area contributed by atoms with E-state index in [0.717, 1.165) is 0 Å². The number of para-hydroxylation sites is 1. The molecule has 0 amide bonds. The van der Waals surface area contributed by atoms with Crippen molar-refractivity contribution in [2.45, 2.75) is 12.7 Å². The number of rotatable bonds is 2.